The number of thiazole rings is 1. The summed E-state index contributed by atoms with van der Waals surface area (Å²) in [6.07, 6.45) is 0. The van der Waals surface area contributed by atoms with Gasteiger partial charge in [0, 0.05) is 37.0 Å². The van der Waals surface area contributed by atoms with Crippen LogP contribution in [0.2, 0.25) is 0 Å². The van der Waals surface area contributed by atoms with E-state index in [1.807, 2.05) is 14.1 Å². The first-order valence-electron chi connectivity index (χ1n) is 6.93. The Bertz CT molecular complexity index is 689. The minimum atomic E-state index is -0.437. The molecule has 1 heterocycles. The maximum absolute atomic E-state index is 11.4. The van der Waals surface area contributed by atoms with Crippen LogP contribution in [0.25, 0.3) is 0 Å². The summed E-state index contributed by atoms with van der Waals surface area (Å²) in [7, 11) is 5.70. The van der Waals surface area contributed by atoms with Crippen molar-refractivity contribution in [3.8, 4) is 0 Å². The Morgan fingerprint density at radius 1 is 1.27 bits per heavy atom. The summed E-state index contributed by atoms with van der Waals surface area (Å²) in [6.45, 7) is 1.52. The van der Waals surface area contributed by atoms with Crippen LogP contribution < -0.4 is 21.5 Å². The maximum atomic E-state index is 11.4. The molecule has 2 aromatic rings. The van der Waals surface area contributed by atoms with Crippen LogP contribution in [0.15, 0.2) is 15.0 Å². The van der Waals surface area contributed by atoms with E-state index in [4.69, 9.17) is 0 Å². The molecule has 22 heavy (non-hydrogen) atoms. The molecule has 0 bridgehead atoms. The first kappa shape index (κ1) is 17.0. The first-order chi connectivity index (χ1) is 10.5. The molecule has 0 atom stereocenters. The lowest BCUT2D eigenvalue weighted by atomic mass is 10.2. The second-order valence-corrected chi connectivity index (χ2v) is 7.16. The van der Waals surface area contributed by atoms with Crippen LogP contribution in [0.5, 0.6) is 0 Å². The van der Waals surface area contributed by atoms with Gasteiger partial charge >= 0.3 is 0 Å². The average Bonchev–Trinajstić information content (AvgIpc) is 2.91. The molecule has 2 N–H and O–H groups in total. The SMILES string of the molecule is CNc1c(NCCSCc2csc(CN(C)C)n2)c(=O)c1=O. The van der Waals surface area contributed by atoms with E-state index in [1.54, 1.807) is 30.1 Å². The van der Waals surface area contributed by atoms with Gasteiger partial charge in [0.05, 0.1) is 5.69 Å². The van der Waals surface area contributed by atoms with Crippen molar-refractivity contribution in [1.82, 2.24) is 9.88 Å². The van der Waals surface area contributed by atoms with Crippen molar-refractivity contribution in [2.24, 2.45) is 0 Å². The highest BCUT2D eigenvalue weighted by molar-refractivity contribution is 7.98. The van der Waals surface area contributed by atoms with Crippen LogP contribution in [-0.4, -0.2) is 43.3 Å². The Labute approximate surface area is 137 Å². The zero-order valence-electron chi connectivity index (χ0n) is 12.9. The molecular formula is C14H20N4O2S2. The molecule has 0 saturated heterocycles. The smallest absolute Gasteiger partial charge is 0.253 e. The number of rotatable bonds is 9. The standard InChI is InChI=1S/C14H20N4O2S2/c1-15-11-12(14(20)13(11)19)16-4-5-21-7-9-8-22-10(17-9)6-18(2)3/h8,15-16H,4-7H2,1-3H3. The van der Waals surface area contributed by atoms with Gasteiger partial charge in [0.2, 0.25) is 0 Å². The Morgan fingerprint density at radius 3 is 2.68 bits per heavy atom. The number of nitrogens with one attached hydrogen (secondary N) is 2. The fraction of sp³-hybridized carbons (Fsp3) is 0.500. The van der Waals surface area contributed by atoms with E-state index < -0.39 is 10.9 Å². The second kappa shape index (κ2) is 7.75. The lowest BCUT2D eigenvalue weighted by molar-refractivity contribution is 0.401. The van der Waals surface area contributed by atoms with Crippen molar-refractivity contribution in [1.29, 1.82) is 0 Å². The minimum Gasteiger partial charge on any atom is -0.383 e. The van der Waals surface area contributed by atoms with Crippen LogP contribution in [-0.2, 0) is 12.3 Å². The molecule has 0 radical (unpaired) electrons. The van der Waals surface area contributed by atoms with Crippen LogP contribution >= 0.6 is 23.1 Å². The Morgan fingerprint density at radius 2 is 2.00 bits per heavy atom. The second-order valence-electron chi connectivity index (χ2n) is 5.11. The van der Waals surface area contributed by atoms with Crippen molar-refractivity contribution in [3.63, 3.8) is 0 Å². The third-order valence-electron chi connectivity index (χ3n) is 3.01. The van der Waals surface area contributed by atoms with Gasteiger partial charge in [-0.2, -0.15) is 11.8 Å². The first-order valence-corrected chi connectivity index (χ1v) is 8.97. The molecule has 0 spiro atoms. The average molecular weight is 340 g/mol. The van der Waals surface area contributed by atoms with Crippen molar-refractivity contribution < 1.29 is 0 Å². The molecule has 1 aromatic carbocycles. The summed E-state index contributed by atoms with van der Waals surface area (Å²) < 4.78 is 0. The molecule has 0 unspecified atom stereocenters. The predicted molar refractivity (Wildman–Crippen MR) is 95.1 cm³/mol. The predicted octanol–water partition coefficient (Wildman–Crippen LogP) is 1.19. The van der Waals surface area contributed by atoms with Crippen LogP contribution in [0.1, 0.15) is 10.7 Å². The van der Waals surface area contributed by atoms with E-state index in [1.165, 1.54) is 0 Å². The highest BCUT2D eigenvalue weighted by Gasteiger charge is 2.18. The van der Waals surface area contributed by atoms with Gasteiger partial charge in [-0.25, -0.2) is 4.98 Å². The van der Waals surface area contributed by atoms with Gasteiger partial charge in [-0.15, -0.1) is 11.3 Å². The summed E-state index contributed by atoms with van der Waals surface area (Å²) in [5, 5.41) is 8.98. The summed E-state index contributed by atoms with van der Waals surface area (Å²) in [5.74, 6) is 1.71. The van der Waals surface area contributed by atoms with E-state index in [9.17, 15) is 9.59 Å². The normalized spacial score (nSPS) is 11.3. The molecule has 120 valence electrons. The van der Waals surface area contributed by atoms with Gasteiger partial charge in [0.1, 0.15) is 16.4 Å². The van der Waals surface area contributed by atoms with Crippen LogP contribution in [0.4, 0.5) is 11.4 Å². The quantitative estimate of drug-likeness (QED) is 0.524. The Hall–Kier alpha value is -1.38. The number of thioether (sulfide) groups is 1. The zero-order chi connectivity index (χ0) is 16.1. The van der Waals surface area contributed by atoms with E-state index >= 15 is 0 Å². The van der Waals surface area contributed by atoms with E-state index in [0.717, 1.165) is 28.8 Å². The molecular weight excluding hydrogens is 320 g/mol. The Kier molecular flexibility index (Phi) is 5.98. The third kappa shape index (κ3) is 4.08. The van der Waals surface area contributed by atoms with Gasteiger partial charge in [-0.1, -0.05) is 0 Å². The molecule has 0 aliphatic rings. The third-order valence-corrected chi connectivity index (χ3v) is 4.88. The van der Waals surface area contributed by atoms with Crippen LogP contribution in [0.3, 0.4) is 0 Å². The molecule has 0 saturated carbocycles. The van der Waals surface area contributed by atoms with Gasteiger partial charge in [0.25, 0.3) is 10.9 Å². The number of nitrogens with zero attached hydrogens (tertiary/aromatic N) is 2. The molecule has 0 aliphatic heterocycles. The Balaban J connectivity index is 1.69. The zero-order valence-corrected chi connectivity index (χ0v) is 14.6. The largest absolute Gasteiger partial charge is 0.383 e. The summed E-state index contributed by atoms with van der Waals surface area (Å²) >= 11 is 3.44. The van der Waals surface area contributed by atoms with Gasteiger partial charge in [-0.3, -0.25) is 9.59 Å². The molecule has 6 nitrogen and oxygen atoms in total. The van der Waals surface area contributed by atoms with E-state index in [2.05, 4.69) is 25.9 Å². The van der Waals surface area contributed by atoms with Crippen LogP contribution in [0, 0.1) is 0 Å². The number of aromatic nitrogens is 1. The summed E-state index contributed by atoms with van der Waals surface area (Å²) in [4.78, 5) is 29.3. The highest BCUT2D eigenvalue weighted by atomic mass is 32.2. The molecule has 1 aromatic heterocycles. The number of anilines is 2. The number of hydrogen-bond donors (Lipinski definition) is 2. The summed E-state index contributed by atoms with van der Waals surface area (Å²) in [6, 6.07) is 0. The van der Waals surface area contributed by atoms with Crippen molar-refractivity contribution in [2.75, 3.05) is 44.1 Å². The molecule has 8 heteroatoms. The fourth-order valence-electron chi connectivity index (χ4n) is 1.98. The molecule has 2 rings (SSSR count). The minimum absolute atomic E-state index is 0.392. The monoisotopic (exact) mass is 340 g/mol. The highest BCUT2D eigenvalue weighted by Crippen LogP contribution is 2.17. The molecule has 0 amide bonds. The van der Waals surface area contributed by atoms with E-state index in [-0.39, 0.29) is 0 Å². The van der Waals surface area contributed by atoms with Gasteiger partial charge in [-0.05, 0) is 14.1 Å². The van der Waals surface area contributed by atoms with Crippen molar-refractivity contribution in [3.05, 3.63) is 36.5 Å². The van der Waals surface area contributed by atoms with Gasteiger partial charge in [0.15, 0.2) is 0 Å². The number of hydrogen-bond acceptors (Lipinski definition) is 8. The van der Waals surface area contributed by atoms with Gasteiger partial charge < -0.3 is 15.5 Å². The molecule has 0 aliphatic carbocycles. The van der Waals surface area contributed by atoms with Crippen molar-refractivity contribution in [2.45, 2.75) is 12.3 Å². The lowest BCUT2D eigenvalue weighted by Gasteiger charge is -2.11. The lowest BCUT2D eigenvalue weighted by Crippen LogP contribution is -2.37. The topological polar surface area (TPSA) is 74.3 Å². The van der Waals surface area contributed by atoms with E-state index in [0.29, 0.717) is 17.9 Å². The summed E-state index contributed by atoms with van der Waals surface area (Å²) in [5.41, 5.74) is 1.03. The van der Waals surface area contributed by atoms with Crippen molar-refractivity contribution >= 4 is 34.5 Å². The fourth-order valence-corrected chi connectivity index (χ4v) is 3.75. The molecule has 0 fully saturated rings. The maximum Gasteiger partial charge on any atom is 0.253 e.